The minimum absolute atomic E-state index is 0. The third-order valence-corrected chi connectivity index (χ3v) is 6.46. The van der Waals surface area contributed by atoms with Crippen LogP contribution in [0.5, 0.6) is 0 Å². The van der Waals surface area contributed by atoms with E-state index in [0.29, 0.717) is 6.04 Å². The largest absolute Gasteiger partial charge is 0.357 e. The van der Waals surface area contributed by atoms with Gasteiger partial charge < -0.3 is 15.5 Å². The van der Waals surface area contributed by atoms with Crippen LogP contribution in [-0.4, -0.2) is 43.2 Å². The molecule has 1 aliphatic heterocycles. The van der Waals surface area contributed by atoms with Crippen molar-refractivity contribution in [1.82, 2.24) is 15.6 Å². The van der Waals surface area contributed by atoms with Crippen LogP contribution < -0.4 is 15.5 Å². The number of thiophene rings is 1. The molecular weight excluding hydrogens is 493 g/mol. The Balaban J connectivity index is 0.00000300. The second kappa shape index (κ2) is 11.2. The van der Waals surface area contributed by atoms with E-state index >= 15 is 0 Å². The first-order valence-electron chi connectivity index (χ1n) is 10.2. The van der Waals surface area contributed by atoms with Gasteiger partial charge in [0, 0.05) is 42.2 Å². The van der Waals surface area contributed by atoms with Gasteiger partial charge in [-0.1, -0.05) is 26.0 Å². The zero-order valence-electron chi connectivity index (χ0n) is 17.9. The van der Waals surface area contributed by atoms with Gasteiger partial charge in [0.25, 0.3) is 0 Å². The molecule has 3 heterocycles. The summed E-state index contributed by atoms with van der Waals surface area (Å²) in [5.41, 5.74) is 1.26. The van der Waals surface area contributed by atoms with Gasteiger partial charge in [0.2, 0.25) is 0 Å². The number of guanidine groups is 1. The Morgan fingerprint density at radius 2 is 2.03 bits per heavy atom. The molecule has 0 unspecified atom stereocenters. The van der Waals surface area contributed by atoms with Crippen molar-refractivity contribution in [3.63, 3.8) is 0 Å². The van der Waals surface area contributed by atoms with E-state index in [2.05, 4.69) is 77.9 Å². The Hall–Kier alpha value is -1.35. The highest BCUT2D eigenvalue weighted by atomic mass is 127. The predicted octanol–water partition coefficient (Wildman–Crippen LogP) is 4.57. The maximum atomic E-state index is 4.90. The highest BCUT2D eigenvalue weighted by molar-refractivity contribution is 14.0. The van der Waals surface area contributed by atoms with Crippen molar-refractivity contribution >= 4 is 47.1 Å². The number of hydrogen-bond acceptors (Lipinski definition) is 4. The second-order valence-electron chi connectivity index (χ2n) is 8.16. The Bertz CT molecular complexity index is 750. The number of hydrogen-bond donors (Lipinski definition) is 2. The van der Waals surface area contributed by atoms with Gasteiger partial charge in [-0.05, 0) is 49.8 Å². The standard InChI is InChI=1S/C22H33N5S.HI/c1-5-23-21(25-16-22(3,4)19-7-6-14-28-19)26-18-10-12-27(13-11-18)20-9-8-17(2)15-24-20;/h6-9,14-15,18H,5,10-13,16H2,1-4H3,(H2,23,25,26);1H. The molecule has 0 radical (unpaired) electrons. The summed E-state index contributed by atoms with van der Waals surface area (Å²) in [6.45, 7) is 12.4. The van der Waals surface area contributed by atoms with E-state index in [1.807, 2.05) is 17.5 Å². The van der Waals surface area contributed by atoms with Crippen LogP contribution >= 0.6 is 35.3 Å². The molecule has 0 aliphatic carbocycles. The molecule has 0 amide bonds. The average molecular weight is 528 g/mol. The fraction of sp³-hybridized carbons (Fsp3) is 0.545. The van der Waals surface area contributed by atoms with Gasteiger partial charge in [0.15, 0.2) is 5.96 Å². The maximum absolute atomic E-state index is 4.90. The lowest BCUT2D eigenvalue weighted by Gasteiger charge is -2.34. The number of aliphatic imine (C=N–C) groups is 1. The van der Waals surface area contributed by atoms with Crippen molar-refractivity contribution < 1.29 is 0 Å². The topological polar surface area (TPSA) is 52.6 Å². The minimum atomic E-state index is 0. The summed E-state index contributed by atoms with van der Waals surface area (Å²) in [5, 5.41) is 9.20. The van der Waals surface area contributed by atoms with Gasteiger partial charge in [-0.3, -0.25) is 4.99 Å². The summed E-state index contributed by atoms with van der Waals surface area (Å²) in [7, 11) is 0. The van der Waals surface area contributed by atoms with Gasteiger partial charge in [-0.25, -0.2) is 4.98 Å². The fourth-order valence-corrected chi connectivity index (χ4v) is 4.28. The molecule has 0 saturated carbocycles. The molecule has 2 aromatic heterocycles. The first-order chi connectivity index (χ1) is 13.5. The third-order valence-electron chi connectivity index (χ3n) is 5.22. The first-order valence-corrected chi connectivity index (χ1v) is 11.1. The number of aromatic nitrogens is 1. The summed E-state index contributed by atoms with van der Waals surface area (Å²) in [6.07, 6.45) is 4.13. The number of piperidine rings is 1. The van der Waals surface area contributed by atoms with Crippen LogP contribution in [0.15, 0.2) is 40.8 Å². The normalized spacial score (nSPS) is 15.7. The van der Waals surface area contributed by atoms with Crippen LogP contribution in [0.1, 0.15) is 44.1 Å². The molecule has 1 fully saturated rings. The number of nitrogens with zero attached hydrogens (tertiary/aromatic N) is 3. The summed E-state index contributed by atoms with van der Waals surface area (Å²) in [6, 6.07) is 9.03. The van der Waals surface area contributed by atoms with Crippen LogP contribution in [0.4, 0.5) is 5.82 Å². The SMILES string of the molecule is CCNC(=NCC(C)(C)c1cccs1)NC1CCN(c2ccc(C)cn2)CC1.I. The summed E-state index contributed by atoms with van der Waals surface area (Å²) < 4.78 is 0. The molecule has 1 aliphatic rings. The van der Waals surface area contributed by atoms with E-state index in [4.69, 9.17) is 4.99 Å². The molecule has 0 spiro atoms. The van der Waals surface area contributed by atoms with E-state index in [1.54, 1.807) is 0 Å². The van der Waals surface area contributed by atoms with Crippen molar-refractivity contribution in [3.05, 3.63) is 46.3 Å². The molecule has 5 nitrogen and oxygen atoms in total. The minimum Gasteiger partial charge on any atom is -0.357 e. The van der Waals surface area contributed by atoms with Gasteiger partial charge >= 0.3 is 0 Å². The van der Waals surface area contributed by atoms with Crippen LogP contribution in [-0.2, 0) is 5.41 Å². The van der Waals surface area contributed by atoms with Crippen molar-refractivity contribution in [2.24, 2.45) is 4.99 Å². The van der Waals surface area contributed by atoms with Crippen LogP contribution in [0.3, 0.4) is 0 Å². The van der Waals surface area contributed by atoms with E-state index in [9.17, 15) is 0 Å². The van der Waals surface area contributed by atoms with E-state index in [1.165, 1.54) is 10.4 Å². The van der Waals surface area contributed by atoms with Crippen molar-refractivity contribution in [3.8, 4) is 0 Å². The average Bonchev–Trinajstić information content (AvgIpc) is 3.24. The molecule has 29 heavy (non-hydrogen) atoms. The number of halogens is 1. The molecule has 2 N–H and O–H groups in total. The van der Waals surface area contributed by atoms with Crippen LogP contribution in [0.25, 0.3) is 0 Å². The zero-order chi connectivity index (χ0) is 20.0. The van der Waals surface area contributed by atoms with Gasteiger partial charge in [-0.2, -0.15) is 0 Å². The number of nitrogens with one attached hydrogen (secondary N) is 2. The van der Waals surface area contributed by atoms with Crippen LogP contribution in [0, 0.1) is 6.92 Å². The molecular formula is C22H34IN5S. The lowest BCUT2D eigenvalue weighted by atomic mass is 9.92. The van der Waals surface area contributed by atoms with Crippen molar-refractivity contribution in [1.29, 1.82) is 0 Å². The first kappa shape index (κ1) is 23.9. The van der Waals surface area contributed by atoms with Gasteiger partial charge in [0.1, 0.15) is 5.82 Å². The lowest BCUT2D eigenvalue weighted by Crippen LogP contribution is -2.49. The summed E-state index contributed by atoms with van der Waals surface area (Å²) in [4.78, 5) is 13.2. The van der Waals surface area contributed by atoms with E-state index in [0.717, 1.165) is 50.8 Å². The number of pyridine rings is 1. The predicted molar refractivity (Wildman–Crippen MR) is 136 cm³/mol. The second-order valence-corrected chi connectivity index (χ2v) is 9.10. The summed E-state index contributed by atoms with van der Waals surface area (Å²) in [5.74, 6) is 2.02. The number of aryl methyl sites for hydroxylation is 1. The molecule has 0 bridgehead atoms. The highest BCUT2D eigenvalue weighted by Crippen LogP contribution is 2.27. The molecule has 160 valence electrons. The van der Waals surface area contributed by atoms with E-state index in [-0.39, 0.29) is 29.4 Å². The molecule has 2 aromatic rings. The summed E-state index contributed by atoms with van der Waals surface area (Å²) >= 11 is 1.81. The quantitative estimate of drug-likeness (QED) is 0.328. The Morgan fingerprint density at radius 3 is 2.62 bits per heavy atom. The monoisotopic (exact) mass is 527 g/mol. The molecule has 0 atom stereocenters. The number of rotatable bonds is 6. The molecule has 7 heteroatoms. The van der Waals surface area contributed by atoms with Gasteiger partial charge in [-0.15, -0.1) is 35.3 Å². The maximum Gasteiger partial charge on any atom is 0.191 e. The molecule has 1 saturated heterocycles. The Morgan fingerprint density at radius 1 is 1.28 bits per heavy atom. The van der Waals surface area contributed by atoms with Crippen LogP contribution in [0.2, 0.25) is 0 Å². The smallest absolute Gasteiger partial charge is 0.191 e. The van der Waals surface area contributed by atoms with E-state index < -0.39 is 0 Å². The highest BCUT2D eigenvalue weighted by Gasteiger charge is 2.23. The third kappa shape index (κ3) is 6.84. The zero-order valence-corrected chi connectivity index (χ0v) is 21.1. The van der Waals surface area contributed by atoms with Gasteiger partial charge in [0.05, 0.1) is 6.54 Å². The molecule has 3 rings (SSSR count). The van der Waals surface area contributed by atoms with Crippen molar-refractivity contribution in [2.45, 2.75) is 52.0 Å². The molecule has 0 aromatic carbocycles. The number of anilines is 1. The van der Waals surface area contributed by atoms with Crippen molar-refractivity contribution in [2.75, 3.05) is 31.1 Å². The Labute approximate surface area is 196 Å². The lowest BCUT2D eigenvalue weighted by molar-refractivity contribution is 0.458. The fourth-order valence-electron chi connectivity index (χ4n) is 3.43. The Kier molecular flexibility index (Phi) is 9.20.